The number of unbranched alkanes of at least 4 members (excludes halogenated alkanes) is 16. The summed E-state index contributed by atoms with van der Waals surface area (Å²) in [6.45, 7) is 7.37. The van der Waals surface area contributed by atoms with Crippen LogP contribution in [-0.4, -0.2) is 42.0 Å². The highest BCUT2D eigenvalue weighted by Crippen LogP contribution is 2.14. The van der Waals surface area contributed by atoms with Crippen molar-refractivity contribution in [3.8, 4) is 0 Å². The van der Waals surface area contributed by atoms with Crippen LogP contribution in [0.1, 0.15) is 156 Å². The highest BCUT2D eigenvalue weighted by Gasteiger charge is 2.25. The van der Waals surface area contributed by atoms with Gasteiger partial charge in [-0.05, 0) is 19.8 Å². The highest BCUT2D eigenvalue weighted by molar-refractivity contribution is 5.79. The van der Waals surface area contributed by atoms with Crippen molar-refractivity contribution in [1.29, 1.82) is 0 Å². The van der Waals surface area contributed by atoms with Crippen molar-refractivity contribution in [2.24, 2.45) is 11.5 Å². The number of nitrogens with one attached hydrogen (secondary N) is 1. The number of hydrogen-bond acceptors (Lipinski definition) is 4. The Balaban J connectivity index is 4.37. The molecule has 6 nitrogen and oxygen atoms in total. The summed E-state index contributed by atoms with van der Waals surface area (Å²) in [5, 5.41) is 3.11. The molecule has 6 heteroatoms. The zero-order chi connectivity index (χ0) is 26.9. The average Bonchev–Trinajstić information content (AvgIpc) is 2.87. The molecule has 0 aromatic heterocycles. The van der Waals surface area contributed by atoms with Crippen LogP contribution in [0.2, 0.25) is 0 Å². The van der Waals surface area contributed by atoms with E-state index in [1.807, 2.05) is 6.92 Å². The lowest BCUT2D eigenvalue weighted by Gasteiger charge is -2.33. The Morgan fingerprint density at radius 1 is 0.667 bits per heavy atom. The van der Waals surface area contributed by atoms with Gasteiger partial charge >= 0.3 is 0 Å². The van der Waals surface area contributed by atoms with Crippen molar-refractivity contribution < 1.29 is 9.59 Å². The van der Waals surface area contributed by atoms with E-state index in [-0.39, 0.29) is 24.0 Å². The minimum atomic E-state index is -0.370. The third-order valence-corrected chi connectivity index (χ3v) is 7.20. The first-order chi connectivity index (χ1) is 17.5. The Labute approximate surface area is 224 Å². The van der Waals surface area contributed by atoms with E-state index in [2.05, 4.69) is 19.2 Å². The molecule has 0 aliphatic rings. The van der Waals surface area contributed by atoms with Gasteiger partial charge in [0.15, 0.2) is 0 Å². The number of nitrogens with zero attached hydrogens (tertiary/aromatic N) is 1. The Morgan fingerprint density at radius 3 is 1.50 bits per heavy atom. The first-order valence-electron chi connectivity index (χ1n) is 15.5. The second-order valence-electron chi connectivity index (χ2n) is 10.7. The van der Waals surface area contributed by atoms with Crippen molar-refractivity contribution in [3.63, 3.8) is 0 Å². The van der Waals surface area contributed by atoms with E-state index in [0.29, 0.717) is 32.4 Å². The minimum Gasteiger partial charge on any atom is -0.336 e. The van der Waals surface area contributed by atoms with Gasteiger partial charge in [-0.2, -0.15) is 0 Å². The van der Waals surface area contributed by atoms with Crippen LogP contribution in [0.5, 0.6) is 0 Å². The summed E-state index contributed by atoms with van der Waals surface area (Å²) in [5.74, 6) is 0.125. The molecule has 0 fully saturated rings. The van der Waals surface area contributed by atoms with Crippen LogP contribution >= 0.6 is 0 Å². The first kappa shape index (κ1) is 34.9. The average molecular weight is 511 g/mol. The van der Waals surface area contributed by atoms with Gasteiger partial charge in [0.25, 0.3) is 0 Å². The van der Waals surface area contributed by atoms with Crippen LogP contribution in [0.3, 0.4) is 0 Å². The van der Waals surface area contributed by atoms with Crippen molar-refractivity contribution in [2.45, 2.75) is 168 Å². The van der Waals surface area contributed by atoms with Gasteiger partial charge in [-0.3, -0.25) is 9.59 Å². The molecule has 2 amide bonds. The normalized spacial score (nSPS) is 12.9. The van der Waals surface area contributed by atoms with Gasteiger partial charge in [0, 0.05) is 38.4 Å². The molecule has 0 saturated heterocycles. The SMILES string of the molecule is CCCCCCCCCCCC(=O)NC(CC(N)CN)N(CC)C(=O)CCCCCCCCCCC. The number of rotatable bonds is 26. The summed E-state index contributed by atoms with van der Waals surface area (Å²) < 4.78 is 0. The summed E-state index contributed by atoms with van der Waals surface area (Å²) in [5.41, 5.74) is 11.9. The van der Waals surface area contributed by atoms with Gasteiger partial charge in [-0.15, -0.1) is 0 Å². The molecule has 0 aromatic rings. The summed E-state index contributed by atoms with van der Waals surface area (Å²) in [7, 11) is 0. The fourth-order valence-electron chi connectivity index (χ4n) is 4.80. The van der Waals surface area contributed by atoms with Gasteiger partial charge in [0.1, 0.15) is 6.17 Å². The van der Waals surface area contributed by atoms with Crippen molar-refractivity contribution >= 4 is 11.8 Å². The van der Waals surface area contributed by atoms with Crippen LogP contribution < -0.4 is 16.8 Å². The number of carbonyl (C=O) groups excluding carboxylic acids is 2. The fourth-order valence-corrected chi connectivity index (χ4v) is 4.80. The summed E-state index contributed by atoms with van der Waals surface area (Å²) >= 11 is 0. The van der Waals surface area contributed by atoms with E-state index >= 15 is 0 Å². The lowest BCUT2D eigenvalue weighted by molar-refractivity contribution is -0.136. The van der Waals surface area contributed by atoms with Gasteiger partial charge < -0.3 is 21.7 Å². The van der Waals surface area contributed by atoms with E-state index in [0.717, 1.165) is 25.7 Å². The minimum absolute atomic E-state index is 0.0153. The quantitative estimate of drug-likeness (QED) is 0.0880. The lowest BCUT2D eigenvalue weighted by atomic mass is 10.1. The van der Waals surface area contributed by atoms with Crippen LogP contribution in [0, 0.1) is 0 Å². The third-order valence-electron chi connectivity index (χ3n) is 7.20. The zero-order valence-corrected chi connectivity index (χ0v) is 24.3. The van der Waals surface area contributed by atoms with E-state index < -0.39 is 0 Å². The molecular weight excluding hydrogens is 448 g/mol. The Hall–Kier alpha value is -1.14. The van der Waals surface area contributed by atoms with Gasteiger partial charge in [-0.25, -0.2) is 0 Å². The molecule has 0 bridgehead atoms. The molecule has 0 rings (SSSR count). The maximum absolute atomic E-state index is 13.0. The molecule has 5 N–H and O–H groups in total. The van der Waals surface area contributed by atoms with Gasteiger partial charge in [0.2, 0.25) is 11.8 Å². The standard InChI is InChI=1S/C30H62N4O2/c1-4-7-9-11-13-15-17-19-21-23-29(35)33-28(25-27(32)26-31)34(6-3)30(36)24-22-20-18-16-14-12-10-8-5-2/h27-28H,4-26,31-32H2,1-3H3,(H,33,35). The van der Waals surface area contributed by atoms with E-state index in [1.54, 1.807) is 4.90 Å². The summed E-state index contributed by atoms with van der Waals surface area (Å²) in [6, 6.07) is -0.238. The molecule has 0 aliphatic carbocycles. The molecule has 0 saturated carbocycles. The molecule has 0 radical (unpaired) electrons. The maximum atomic E-state index is 13.0. The van der Waals surface area contributed by atoms with Crippen molar-refractivity contribution in [1.82, 2.24) is 10.2 Å². The molecule has 214 valence electrons. The molecule has 36 heavy (non-hydrogen) atoms. The second-order valence-corrected chi connectivity index (χ2v) is 10.7. The fraction of sp³-hybridized carbons (Fsp3) is 0.933. The maximum Gasteiger partial charge on any atom is 0.224 e. The Morgan fingerprint density at radius 2 is 1.08 bits per heavy atom. The summed E-state index contributed by atoms with van der Waals surface area (Å²) in [6.07, 6.45) is 23.3. The van der Waals surface area contributed by atoms with E-state index in [9.17, 15) is 9.59 Å². The number of amides is 2. The van der Waals surface area contributed by atoms with E-state index in [4.69, 9.17) is 11.5 Å². The van der Waals surface area contributed by atoms with Crippen LogP contribution in [0.4, 0.5) is 0 Å². The Bertz CT molecular complexity index is 515. The number of carbonyl (C=O) groups is 2. The first-order valence-corrected chi connectivity index (χ1v) is 15.5. The highest BCUT2D eigenvalue weighted by atomic mass is 16.2. The molecular formula is C30H62N4O2. The molecule has 2 atom stereocenters. The van der Waals surface area contributed by atoms with Crippen LogP contribution in [0.15, 0.2) is 0 Å². The molecule has 0 aromatic carbocycles. The summed E-state index contributed by atoms with van der Waals surface area (Å²) in [4.78, 5) is 27.5. The van der Waals surface area contributed by atoms with Gasteiger partial charge in [0.05, 0.1) is 0 Å². The van der Waals surface area contributed by atoms with Crippen molar-refractivity contribution in [2.75, 3.05) is 13.1 Å². The largest absolute Gasteiger partial charge is 0.336 e. The Kier molecular flexibility index (Phi) is 24.7. The number of nitrogens with two attached hydrogens (primary N) is 2. The predicted octanol–water partition coefficient (Wildman–Crippen LogP) is 6.80. The third kappa shape index (κ3) is 20.0. The molecule has 0 heterocycles. The smallest absolute Gasteiger partial charge is 0.224 e. The second kappa shape index (κ2) is 25.5. The van der Waals surface area contributed by atoms with Crippen LogP contribution in [0.25, 0.3) is 0 Å². The van der Waals surface area contributed by atoms with Crippen molar-refractivity contribution in [3.05, 3.63) is 0 Å². The van der Waals surface area contributed by atoms with E-state index in [1.165, 1.54) is 89.9 Å². The number of hydrogen-bond donors (Lipinski definition) is 3. The molecule has 0 spiro atoms. The topological polar surface area (TPSA) is 101 Å². The molecule has 0 aliphatic heterocycles. The zero-order valence-electron chi connectivity index (χ0n) is 24.3. The molecule has 2 unspecified atom stereocenters. The lowest BCUT2D eigenvalue weighted by Crippen LogP contribution is -2.53. The van der Waals surface area contributed by atoms with Crippen LogP contribution in [-0.2, 0) is 9.59 Å². The predicted molar refractivity (Wildman–Crippen MR) is 155 cm³/mol. The monoisotopic (exact) mass is 510 g/mol. The van der Waals surface area contributed by atoms with Gasteiger partial charge in [-0.1, -0.05) is 117 Å².